The monoisotopic (exact) mass is 256 g/mol. The Balaban J connectivity index is 0.000000686. The quantitative estimate of drug-likeness (QED) is 0.786. The summed E-state index contributed by atoms with van der Waals surface area (Å²) in [4.78, 5) is 18.0. The van der Waals surface area contributed by atoms with Crippen molar-refractivity contribution in [1.29, 1.82) is 0 Å². The molecule has 0 bridgehead atoms. The van der Waals surface area contributed by atoms with E-state index in [1.54, 1.807) is 6.92 Å². The van der Waals surface area contributed by atoms with Gasteiger partial charge in [0, 0.05) is 10.6 Å². The summed E-state index contributed by atoms with van der Waals surface area (Å²) >= 11 is 5.81. The summed E-state index contributed by atoms with van der Waals surface area (Å²) in [5.41, 5.74) is 0.0689. The number of aromatic nitrogens is 2. The van der Waals surface area contributed by atoms with E-state index in [1.165, 1.54) is 13.0 Å². The largest absolute Gasteiger partial charge is 0.310 e. The van der Waals surface area contributed by atoms with E-state index in [1.807, 2.05) is 13.8 Å². The van der Waals surface area contributed by atoms with Crippen molar-refractivity contribution in [3.8, 4) is 0 Å². The van der Waals surface area contributed by atoms with Gasteiger partial charge in [0.1, 0.15) is 17.0 Å². The Hall–Kier alpha value is -1.42. The lowest BCUT2D eigenvalue weighted by molar-refractivity contribution is 0.629. The Morgan fingerprint density at radius 2 is 1.94 bits per heavy atom. The molecule has 0 aliphatic carbocycles. The molecule has 0 spiro atoms. The molecule has 2 aromatic rings. The number of aromatic amines is 1. The number of nitrogens with zero attached hydrogens (tertiary/aromatic N) is 1. The molecule has 3 nitrogen and oxygen atoms in total. The summed E-state index contributed by atoms with van der Waals surface area (Å²) in [6, 6.07) is 1.50. The molecule has 0 radical (unpaired) electrons. The molecule has 1 N–H and O–H groups in total. The number of hydrogen-bond donors (Lipinski definition) is 1. The molecule has 0 unspecified atom stereocenters. The fourth-order valence-electron chi connectivity index (χ4n) is 1.44. The van der Waals surface area contributed by atoms with Gasteiger partial charge in [-0.1, -0.05) is 25.4 Å². The van der Waals surface area contributed by atoms with Gasteiger partial charge in [-0.05, 0) is 19.9 Å². The lowest BCUT2D eigenvalue weighted by atomic mass is 10.1. The maximum atomic E-state index is 13.7. The Morgan fingerprint density at radius 3 is 2.53 bits per heavy atom. The van der Waals surface area contributed by atoms with Gasteiger partial charge in [-0.2, -0.15) is 0 Å². The predicted octanol–water partition coefficient (Wildman–Crippen LogP) is 3.36. The molecule has 1 heterocycles. The summed E-state index contributed by atoms with van der Waals surface area (Å²) in [7, 11) is 0. The summed E-state index contributed by atoms with van der Waals surface area (Å²) in [5.74, 6) is -0.168. The molecule has 2 rings (SSSR count). The van der Waals surface area contributed by atoms with Gasteiger partial charge in [0.05, 0.1) is 5.52 Å². The van der Waals surface area contributed by atoms with Crippen molar-refractivity contribution >= 4 is 22.5 Å². The van der Waals surface area contributed by atoms with Crippen molar-refractivity contribution < 1.29 is 4.39 Å². The number of aryl methyl sites for hydroxylation is 1. The van der Waals surface area contributed by atoms with E-state index in [0.717, 1.165) is 0 Å². The van der Waals surface area contributed by atoms with Gasteiger partial charge in [-0.15, -0.1) is 0 Å². The van der Waals surface area contributed by atoms with Crippen LogP contribution in [0.25, 0.3) is 10.9 Å². The highest BCUT2D eigenvalue weighted by molar-refractivity contribution is 6.32. The Kier molecular flexibility index (Phi) is 4.23. The first-order valence-electron chi connectivity index (χ1n) is 5.36. The minimum absolute atomic E-state index is 0.0394. The molecule has 1 aromatic heterocycles. The van der Waals surface area contributed by atoms with Gasteiger partial charge in [0.2, 0.25) is 0 Å². The van der Waals surface area contributed by atoms with Gasteiger partial charge < -0.3 is 4.98 Å². The third kappa shape index (κ3) is 2.47. The van der Waals surface area contributed by atoms with Crippen LogP contribution in [0.15, 0.2) is 10.9 Å². The molecule has 0 aliphatic heterocycles. The third-order valence-corrected chi connectivity index (χ3v) is 2.63. The highest BCUT2D eigenvalue weighted by Crippen LogP contribution is 2.23. The fraction of sp³-hybridized carbons (Fsp3) is 0.333. The van der Waals surface area contributed by atoms with Crippen LogP contribution < -0.4 is 5.56 Å². The van der Waals surface area contributed by atoms with Crippen LogP contribution in [0.4, 0.5) is 4.39 Å². The molecule has 1 aromatic carbocycles. The van der Waals surface area contributed by atoms with Crippen molar-refractivity contribution in [2.45, 2.75) is 27.7 Å². The van der Waals surface area contributed by atoms with Crippen molar-refractivity contribution in [2.24, 2.45) is 0 Å². The molecular formula is C12H14ClFN2O. The molecule has 5 heteroatoms. The van der Waals surface area contributed by atoms with Crippen molar-refractivity contribution in [3.05, 3.63) is 38.6 Å². The summed E-state index contributed by atoms with van der Waals surface area (Å²) in [6.45, 7) is 7.16. The number of rotatable bonds is 0. The SMILES string of the molecule is CC.Cc1nc2cc(Cl)c(C)c(F)c2c(=O)[nH]1. The highest BCUT2D eigenvalue weighted by Gasteiger charge is 2.12. The van der Waals surface area contributed by atoms with E-state index in [2.05, 4.69) is 9.97 Å². The van der Waals surface area contributed by atoms with Crippen LogP contribution in [0, 0.1) is 19.7 Å². The van der Waals surface area contributed by atoms with Crippen LogP contribution in [0.3, 0.4) is 0 Å². The minimum Gasteiger partial charge on any atom is -0.310 e. The highest BCUT2D eigenvalue weighted by atomic mass is 35.5. The second-order valence-corrected chi connectivity index (χ2v) is 3.75. The molecular weight excluding hydrogens is 243 g/mol. The van der Waals surface area contributed by atoms with E-state index >= 15 is 0 Å². The Labute approximate surface area is 104 Å². The number of H-pyrrole nitrogens is 1. The molecule has 0 aliphatic rings. The van der Waals surface area contributed by atoms with Gasteiger partial charge in [0.15, 0.2) is 0 Å². The minimum atomic E-state index is -0.605. The van der Waals surface area contributed by atoms with Crippen LogP contribution in [0.2, 0.25) is 5.02 Å². The predicted molar refractivity (Wildman–Crippen MR) is 68.2 cm³/mol. The second kappa shape index (κ2) is 5.27. The summed E-state index contributed by atoms with van der Waals surface area (Å²) < 4.78 is 13.7. The smallest absolute Gasteiger partial charge is 0.261 e. The molecule has 0 atom stereocenters. The average molecular weight is 257 g/mol. The molecule has 0 saturated carbocycles. The maximum absolute atomic E-state index is 13.7. The first-order valence-corrected chi connectivity index (χ1v) is 5.73. The van der Waals surface area contributed by atoms with Crippen molar-refractivity contribution in [1.82, 2.24) is 9.97 Å². The van der Waals surface area contributed by atoms with E-state index in [-0.39, 0.29) is 21.5 Å². The summed E-state index contributed by atoms with van der Waals surface area (Å²) in [6.07, 6.45) is 0. The maximum Gasteiger partial charge on any atom is 0.261 e. The lowest BCUT2D eigenvalue weighted by Crippen LogP contribution is -2.12. The second-order valence-electron chi connectivity index (χ2n) is 3.34. The molecule has 92 valence electrons. The molecule has 17 heavy (non-hydrogen) atoms. The van der Waals surface area contributed by atoms with Gasteiger partial charge in [0.25, 0.3) is 5.56 Å². The number of fused-ring (bicyclic) bond motifs is 1. The van der Waals surface area contributed by atoms with E-state index < -0.39 is 11.4 Å². The third-order valence-electron chi connectivity index (χ3n) is 2.24. The van der Waals surface area contributed by atoms with Crippen LogP contribution in [-0.4, -0.2) is 9.97 Å². The van der Waals surface area contributed by atoms with E-state index in [4.69, 9.17) is 11.6 Å². The van der Waals surface area contributed by atoms with Crippen LogP contribution in [-0.2, 0) is 0 Å². The molecule has 0 amide bonds. The number of benzene rings is 1. The standard InChI is InChI=1S/C10H8ClFN2O.C2H6/c1-4-6(11)3-7-8(9(4)12)10(15)14-5(2)13-7;1-2/h3H,1-2H3,(H,13,14,15);1-2H3. The number of hydrogen-bond acceptors (Lipinski definition) is 2. The summed E-state index contributed by atoms with van der Waals surface area (Å²) in [5, 5.41) is 0.236. The zero-order valence-electron chi connectivity index (χ0n) is 10.2. The van der Waals surface area contributed by atoms with Crippen molar-refractivity contribution in [2.75, 3.05) is 0 Å². The van der Waals surface area contributed by atoms with Crippen LogP contribution >= 0.6 is 11.6 Å². The topological polar surface area (TPSA) is 45.8 Å². The lowest BCUT2D eigenvalue weighted by Gasteiger charge is -2.04. The first-order chi connectivity index (χ1) is 8.00. The normalized spacial score (nSPS) is 10.0. The zero-order valence-corrected chi connectivity index (χ0v) is 10.9. The zero-order chi connectivity index (χ0) is 13.2. The fourth-order valence-corrected chi connectivity index (χ4v) is 1.63. The number of nitrogens with one attached hydrogen (secondary N) is 1. The van der Waals surface area contributed by atoms with Gasteiger partial charge in [-0.25, -0.2) is 9.37 Å². The van der Waals surface area contributed by atoms with E-state index in [0.29, 0.717) is 5.82 Å². The van der Waals surface area contributed by atoms with Crippen LogP contribution in [0.5, 0.6) is 0 Å². The first kappa shape index (κ1) is 13.6. The van der Waals surface area contributed by atoms with Crippen LogP contribution in [0.1, 0.15) is 25.2 Å². The molecule has 0 fully saturated rings. The van der Waals surface area contributed by atoms with Crippen molar-refractivity contribution in [3.63, 3.8) is 0 Å². The van der Waals surface area contributed by atoms with Gasteiger partial charge >= 0.3 is 0 Å². The Morgan fingerprint density at radius 1 is 1.35 bits per heavy atom. The van der Waals surface area contributed by atoms with Gasteiger partial charge in [-0.3, -0.25) is 4.79 Å². The molecule has 0 saturated heterocycles. The van der Waals surface area contributed by atoms with E-state index in [9.17, 15) is 9.18 Å². The Bertz CT molecular complexity index is 607. The number of halogens is 2. The average Bonchev–Trinajstić information content (AvgIpc) is 2.27.